The van der Waals surface area contributed by atoms with Crippen molar-refractivity contribution in [3.8, 4) is 0 Å². The predicted molar refractivity (Wildman–Crippen MR) is 74.1 cm³/mol. The number of carboxylic acids is 1. The van der Waals surface area contributed by atoms with Crippen molar-refractivity contribution in [3.63, 3.8) is 0 Å². The number of carboxylic acid groups (broad SMARTS) is 1. The molecule has 1 amide bonds. The lowest BCUT2D eigenvalue weighted by molar-refractivity contribution is -0.143. The summed E-state index contributed by atoms with van der Waals surface area (Å²) in [4.78, 5) is 27.2. The van der Waals surface area contributed by atoms with Crippen molar-refractivity contribution in [1.82, 2.24) is 10.3 Å². The third kappa shape index (κ3) is 4.05. The Morgan fingerprint density at radius 2 is 1.90 bits per heavy atom. The standard InChI is InChI=1S/C15H20N2O3/c18-13(10-11-6-8-16-9-7-11)17-14(15(19)20)12-4-2-1-3-5-12/h6-9,12,14H,1-5,10H2,(H,17,18)(H,19,20). The van der Waals surface area contributed by atoms with Gasteiger partial charge < -0.3 is 10.4 Å². The molecule has 1 saturated carbocycles. The maximum absolute atomic E-state index is 12.0. The molecule has 1 heterocycles. The largest absolute Gasteiger partial charge is 0.480 e. The maximum Gasteiger partial charge on any atom is 0.326 e. The molecule has 20 heavy (non-hydrogen) atoms. The third-order valence-electron chi connectivity index (χ3n) is 3.82. The van der Waals surface area contributed by atoms with Crippen LogP contribution in [0.4, 0.5) is 0 Å². The molecule has 1 fully saturated rings. The molecule has 0 spiro atoms. The van der Waals surface area contributed by atoms with Gasteiger partial charge in [0, 0.05) is 12.4 Å². The van der Waals surface area contributed by atoms with E-state index in [0.29, 0.717) is 0 Å². The van der Waals surface area contributed by atoms with Crippen LogP contribution in [0.2, 0.25) is 0 Å². The molecule has 5 heteroatoms. The first kappa shape index (κ1) is 14.5. The van der Waals surface area contributed by atoms with E-state index in [1.165, 1.54) is 0 Å². The third-order valence-corrected chi connectivity index (χ3v) is 3.82. The molecule has 2 N–H and O–H groups in total. The molecule has 1 aromatic heterocycles. The molecule has 0 saturated heterocycles. The number of pyridine rings is 1. The smallest absolute Gasteiger partial charge is 0.326 e. The molecular formula is C15H20N2O3. The van der Waals surface area contributed by atoms with Gasteiger partial charge in [-0.2, -0.15) is 0 Å². The van der Waals surface area contributed by atoms with Gasteiger partial charge in [-0.25, -0.2) is 4.79 Å². The highest BCUT2D eigenvalue weighted by atomic mass is 16.4. The molecule has 0 radical (unpaired) electrons. The Kier molecular flexibility index (Phi) is 5.09. The lowest BCUT2D eigenvalue weighted by Crippen LogP contribution is -2.47. The summed E-state index contributed by atoms with van der Waals surface area (Å²) in [6.45, 7) is 0. The molecule has 0 aliphatic heterocycles. The van der Waals surface area contributed by atoms with E-state index >= 15 is 0 Å². The molecule has 108 valence electrons. The molecule has 1 unspecified atom stereocenters. The van der Waals surface area contributed by atoms with Gasteiger partial charge in [-0.3, -0.25) is 9.78 Å². The van der Waals surface area contributed by atoms with Crippen molar-refractivity contribution in [2.45, 2.75) is 44.6 Å². The topological polar surface area (TPSA) is 79.3 Å². The van der Waals surface area contributed by atoms with E-state index in [1.54, 1.807) is 24.5 Å². The van der Waals surface area contributed by atoms with Crippen molar-refractivity contribution in [2.75, 3.05) is 0 Å². The monoisotopic (exact) mass is 276 g/mol. The van der Waals surface area contributed by atoms with E-state index in [-0.39, 0.29) is 18.2 Å². The number of carbonyl (C=O) groups is 2. The number of aliphatic carboxylic acids is 1. The van der Waals surface area contributed by atoms with E-state index in [2.05, 4.69) is 10.3 Å². The minimum Gasteiger partial charge on any atom is -0.480 e. The van der Waals surface area contributed by atoms with E-state index in [0.717, 1.165) is 37.7 Å². The van der Waals surface area contributed by atoms with Crippen LogP contribution < -0.4 is 5.32 Å². The van der Waals surface area contributed by atoms with Crippen LogP contribution in [-0.4, -0.2) is 28.0 Å². The summed E-state index contributed by atoms with van der Waals surface area (Å²) in [5, 5.41) is 12.0. The van der Waals surface area contributed by atoms with Gasteiger partial charge in [0.1, 0.15) is 6.04 Å². The van der Waals surface area contributed by atoms with Gasteiger partial charge >= 0.3 is 5.97 Å². The molecule has 1 aliphatic rings. The highest BCUT2D eigenvalue weighted by Crippen LogP contribution is 2.26. The normalized spacial score (nSPS) is 17.4. The fourth-order valence-electron chi connectivity index (χ4n) is 2.76. The number of aromatic nitrogens is 1. The SMILES string of the molecule is O=C(Cc1ccncc1)NC(C(=O)O)C1CCCCC1. The van der Waals surface area contributed by atoms with Crippen LogP contribution in [0, 0.1) is 5.92 Å². The molecule has 5 nitrogen and oxygen atoms in total. The second-order valence-corrected chi connectivity index (χ2v) is 5.31. The van der Waals surface area contributed by atoms with Crippen molar-refractivity contribution in [1.29, 1.82) is 0 Å². The fourth-order valence-corrected chi connectivity index (χ4v) is 2.76. The molecule has 0 aromatic carbocycles. The molecule has 0 bridgehead atoms. The summed E-state index contributed by atoms with van der Waals surface area (Å²) in [5.74, 6) is -1.11. The molecular weight excluding hydrogens is 256 g/mol. The van der Waals surface area contributed by atoms with Crippen molar-refractivity contribution < 1.29 is 14.7 Å². The Morgan fingerprint density at radius 3 is 2.50 bits per heavy atom. The summed E-state index contributed by atoms with van der Waals surface area (Å²) in [6.07, 6.45) is 8.46. The second-order valence-electron chi connectivity index (χ2n) is 5.31. The Balaban J connectivity index is 1.93. The zero-order valence-corrected chi connectivity index (χ0v) is 11.4. The number of hydrogen-bond acceptors (Lipinski definition) is 3. The summed E-state index contributed by atoms with van der Waals surface area (Å²) in [7, 11) is 0. The summed E-state index contributed by atoms with van der Waals surface area (Å²) < 4.78 is 0. The number of amides is 1. The second kappa shape index (κ2) is 7.03. The fraction of sp³-hybridized carbons (Fsp3) is 0.533. The van der Waals surface area contributed by atoms with Crippen LogP contribution >= 0.6 is 0 Å². The van der Waals surface area contributed by atoms with Crippen LogP contribution in [0.3, 0.4) is 0 Å². The van der Waals surface area contributed by atoms with Crippen molar-refractivity contribution in [3.05, 3.63) is 30.1 Å². The average molecular weight is 276 g/mol. The Hall–Kier alpha value is -1.91. The van der Waals surface area contributed by atoms with E-state index in [9.17, 15) is 14.7 Å². The van der Waals surface area contributed by atoms with Crippen LogP contribution in [0.25, 0.3) is 0 Å². The summed E-state index contributed by atoms with van der Waals surface area (Å²) >= 11 is 0. The molecule has 1 aliphatic carbocycles. The quantitative estimate of drug-likeness (QED) is 0.859. The number of carbonyl (C=O) groups excluding carboxylic acids is 1. The maximum atomic E-state index is 12.0. The lowest BCUT2D eigenvalue weighted by Gasteiger charge is -2.28. The van der Waals surface area contributed by atoms with Crippen LogP contribution in [0.15, 0.2) is 24.5 Å². The number of nitrogens with zero attached hydrogens (tertiary/aromatic N) is 1. The Labute approximate surface area is 118 Å². The number of rotatable bonds is 5. The van der Waals surface area contributed by atoms with Crippen LogP contribution in [-0.2, 0) is 16.0 Å². The first-order valence-electron chi connectivity index (χ1n) is 7.08. The van der Waals surface area contributed by atoms with Gasteiger partial charge in [0.05, 0.1) is 6.42 Å². The van der Waals surface area contributed by atoms with Gasteiger partial charge in [0.15, 0.2) is 0 Å². The van der Waals surface area contributed by atoms with Gasteiger partial charge in [0.25, 0.3) is 0 Å². The highest BCUT2D eigenvalue weighted by molar-refractivity contribution is 5.85. The van der Waals surface area contributed by atoms with E-state index in [4.69, 9.17) is 0 Å². The summed E-state index contributed by atoms with van der Waals surface area (Å²) in [6, 6.07) is 2.76. The molecule has 2 rings (SSSR count). The summed E-state index contributed by atoms with van der Waals surface area (Å²) in [5.41, 5.74) is 0.838. The molecule has 1 atom stereocenters. The number of hydrogen-bond donors (Lipinski definition) is 2. The first-order chi connectivity index (χ1) is 9.66. The van der Waals surface area contributed by atoms with Crippen LogP contribution in [0.5, 0.6) is 0 Å². The van der Waals surface area contributed by atoms with Crippen LogP contribution in [0.1, 0.15) is 37.7 Å². The Bertz CT molecular complexity index is 455. The van der Waals surface area contributed by atoms with E-state index in [1.807, 2.05) is 0 Å². The lowest BCUT2D eigenvalue weighted by atomic mass is 9.84. The predicted octanol–water partition coefficient (Wildman–Crippen LogP) is 1.77. The average Bonchev–Trinajstić information content (AvgIpc) is 2.46. The highest BCUT2D eigenvalue weighted by Gasteiger charge is 2.30. The zero-order chi connectivity index (χ0) is 14.4. The van der Waals surface area contributed by atoms with Crippen molar-refractivity contribution in [2.24, 2.45) is 5.92 Å². The van der Waals surface area contributed by atoms with Gasteiger partial charge in [-0.05, 0) is 36.5 Å². The molecule has 1 aromatic rings. The van der Waals surface area contributed by atoms with Gasteiger partial charge in [-0.1, -0.05) is 19.3 Å². The number of nitrogens with one attached hydrogen (secondary N) is 1. The Morgan fingerprint density at radius 1 is 1.25 bits per heavy atom. The zero-order valence-electron chi connectivity index (χ0n) is 11.4. The van der Waals surface area contributed by atoms with Gasteiger partial charge in [0.2, 0.25) is 5.91 Å². The first-order valence-corrected chi connectivity index (χ1v) is 7.08. The van der Waals surface area contributed by atoms with Crippen molar-refractivity contribution >= 4 is 11.9 Å². The van der Waals surface area contributed by atoms with E-state index < -0.39 is 12.0 Å². The minimum absolute atomic E-state index is 0.0580. The van der Waals surface area contributed by atoms with Gasteiger partial charge in [-0.15, -0.1) is 0 Å². The minimum atomic E-state index is -0.931.